The summed E-state index contributed by atoms with van der Waals surface area (Å²) in [5.74, 6) is 2.86. The zero-order valence-electron chi connectivity index (χ0n) is 20.0. The fourth-order valence-corrected chi connectivity index (χ4v) is 3.66. The molecule has 0 saturated carbocycles. The van der Waals surface area contributed by atoms with Gasteiger partial charge in [0.1, 0.15) is 5.75 Å². The molecule has 0 aliphatic carbocycles. The molecule has 0 unspecified atom stereocenters. The van der Waals surface area contributed by atoms with Gasteiger partial charge in [0.15, 0.2) is 17.3 Å². The van der Waals surface area contributed by atoms with Gasteiger partial charge in [0.05, 0.1) is 26.4 Å². The Morgan fingerprint density at radius 3 is 2.43 bits per heavy atom. The van der Waals surface area contributed by atoms with Crippen molar-refractivity contribution in [1.29, 1.82) is 0 Å². The highest BCUT2D eigenvalue weighted by Gasteiger charge is 2.18. The van der Waals surface area contributed by atoms with Gasteiger partial charge in [0.2, 0.25) is 0 Å². The number of nitrogens with zero attached hydrogens (tertiary/aromatic N) is 3. The normalized spacial score (nSPS) is 13.3. The van der Waals surface area contributed by atoms with E-state index in [1.165, 1.54) is 0 Å². The van der Waals surface area contributed by atoms with Gasteiger partial charge in [-0.25, -0.2) is 9.97 Å². The molecule has 0 bridgehead atoms. The number of morpholine rings is 1. The Bertz CT molecular complexity index is 1120. The Hall–Kier alpha value is -3.85. The van der Waals surface area contributed by atoms with E-state index in [1.807, 2.05) is 32.0 Å². The second kappa shape index (κ2) is 12.0. The number of anilines is 1. The highest BCUT2D eigenvalue weighted by atomic mass is 16.5. The maximum Gasteiger partial charge on any atom is 0.263 e. The highest BCUT2D eigenvalue weighted by molar-refractivity contribution is 5.94. The van der Waals surface area contributed by atoms with Crippen LogP contribution < -0.4 is 24.4 Å². The summed E-state index contributed by atoms with van der Waals surface area (Å²) in [6, 6.07) is 12.6. The number of hydrogen-bond donors (Lipinski definition) is 1. The number of ether oxygens (including phenoxy) is 4. The van der Waals surface area contributed by atoms with Crippen molar-refractivity contribution in [3.05, 3.63) is 66.0 Å². The number of aromatic nitrogens is 2. The van der Waals surface area contributed by atoms with E-state index in [-0.39, 0.29) is 5.91 Å². The third-order valence-electron chi connectivity index (χ3n) is 5.35. The molecule has 4 rings (SSSR count). The summed E-state index contributed by atoms with van der Waals surface area (Å²) in [5.41, 5.74) is 1.45. The maximum atomic E-state index is 12.7. The predicted molar refractivity (Wildman–Crippen MR) is 132 cm³/mol. The Morgan fingerprint density at radius 2 is 1.69 bits per heavy atom. The molecule has 9 nitrogen and oxygen atoms in total. The minimum Gasteiger partial charge on any atom is -0.490 e. The van der Waals surface area contributed by atoms with Crippen molar-refractivity contribution < 1.29 is 23.7 Å². The third kappa shape index (κ3) is 6.39. The molecule has 2 aromatic carbocycles. The molecule has 1 aromatic heterocycles. The lowest BCUT2D eigenvalue weighted by Gasteiger charge is -2.28. The first-order chi connectivity index (χ1) is 17.2. The number of hydrogen-bond acceptors (Lipinski definition) is 8. The zero-order valence-corrected chi connectivity index (χ0v) is 20.0. The number of benzene rings is 2. The quantitative estimate of drug-likeness (QED) is 0.470. The van der Waals surface area contributed by atoms with Gasteiger partial charge in [-0.15, -0.1) is 0 Å². The van der Waals surface area contributed by atoms with E-state index in [9.17, 15) is 4.79 Å². The van der Waals surface area contributed by atoms with E-state index in [1.54, 1.807) is 36.7 Å². The second-order valence-electron chi connectivity index (χ2n) is 7.74. The van der Waals surface area contributed by atoms with Gasteiger partial charge in [-0.3, -0.25) is 4.79 Å². The fraction of sp³-hybridized carbons (Fsp3) is 0.346. The van der Waals surface area contributed by atoms with Gasteiger partial charge in [0, 0.05) is 37.6 Å². The molecule has 1 amide bonds. The number of carbonyl (C=O) groups is 1. The number of rotatable bonds is 10. The van der Waals surface area contributed by atoms with Crippen molar-refractivity contribution in [2.45, 2.75) is 20.4 Å². The first-order valence-electron chi connectivity index (χ1n) is 11.8. The van der Waals surface area contributed by atoms with Gasteiger partial charge < -0.3 is 29.2 Å². The molecule has 1 fully saturated rings. The van der Waals surface area contributed by atoms with Crippen molar-refractivity contribution in [2.24, 2.45) is 0 Å². The Labute approximate surface area is 205 Å². The largest absolute Gasteiger partial charge is 0.490 e. The Morgan fingerprint density at radius 1 is 0.971 bits per heavy atom. The standard InChI is InChI=1S/C26H30N4O5/c1-3-33-22-10-5-19(17-23(22)34-4-2)18-29-25(31)20-6-8-21(9-7-20)35-26-24(27-11-12-28-26)30-13-15-32-16-14-30/h5-12,17H,3-4,13-16,18H2,1-2H3,(H,29,31). The SMILES string of the molecule is CCOc1ccc(CNC(=O)c2ccc(Oc3nccnc3N3CCOCC3)cc2)cc1OCC. The van der Waals surface area contributed by atoms with Crippen LogP contribution in [0.3, 0.4) is 0 Å². The minimum absolute atomic E-state index is 0.183. The first-order valence-corrected chi connectivity index (χ1v) is 11.8. The van der Waals surface area contributed by atoms with Crippen molar-refractivity contribution in [3.63, 3.8) is 0 Å². The summed E-state index contributed by atoms with van der Waals surface area (Å²) < 4.78 is 22.6. The van der Waals surface area contributed by atoms with Crippen molar-refractivity contribution in [2.75, 3.05) is 44.4 Å². The molecule has 1 saturated heterocycles. The summed E-state index contributed by atoms with van der Waals surface area (Å²) in [4.78, 5) is 23.5. The van der Waals surface area contributed by atoms with Crippen LogP contribution in [-0.4, -0.2) is 55.4 Å². The third-order valence-corrected chi connectivity index (χ3v) is 5.35. The average Bonchev–Trinajstić information content (AvgIpc) is 2.90. The summed E-state index contributed by atoms with van der Waals surface area (Å²) in [6.07, 6.45) is 3.24. The van der Waals surface area contributed by atoms with Gasteiger partial charge in [-0.1, -0.05) is 6.07 Å². The van der Waals surface area contributed by atoms with Gasteiger partial charge in [-0.05, 0) is 55.8 Å². The lowest BCUT2D eigenvalue weighted by Crippen LogP contribution is -2.37. The molecule has 1 aliphatic rings. The molecule has 2 heterocycles. The molecule has 9 heteroatoms. The summed E-state index contributed by atoms with van der Waals surface area (Å²) in [7, 11) is 0. The lowest BCUT2D eigenvalue weighted by atomic mass is 10.1. The van der Waals surface area contributed by atoms with Crippen molar-refractivity contribution in [3.8, 4) is 23.1 Å². The van der Waals surface area contributed by atoms with E-state index in [2.05, 4.69) is 20.2 Å². The highest BCUT2D eigenvalue weighted by Crippen LogP contribution is 2.29. The molecule has 1 aliphatic heterocycles. The monoisotopic (exact) mass is 478 g/mol. The van der Waals surface area contributed by atoms with E-state index in [0.29, 0.717) is 67.5 Å². The van der Waals surface area contributed by atoms with Crippen LogP contribution in [0.4, 0.5) is 5.82 Å². The first kappa shape index (κ1) is 24.3. The number of nitrogens with one attached hydrogen (secondary N) is 1. The van der Waals surface area contributed by atoms with Crippen LogP contribution in [0.15, 0.2) is 54.9 Å². The minimum atomic E-state index is -0.183. The van der Waals surface area contributed by atoms with Gasteiger partial charge >= 0.3 is 0 Å². The topological polar surface area (TPSA) is 95.0 Å². The molecule has 184 valence electrons. The molecular formula is C26H30N4O5. The lowest BCUT2D eigenvalue weighted by molar-refractivity contribution is 0.0951. The van der Waals surface area contributed by atoms with Crippen molar-refractivity contribution in [1.82, 2.24) is 15.3 Å². The predicted octanol–water partition coefficient (Wildman–Crippen LogP) is 3.83. The van der Waals surface area contributed by atoms with E-state index in [0.717, 1.165) is 18.7 Å². The van der Waals surface area contributed by atoms with Crippen molar-refractivity contribution >= 4 is 11.7 Å². The van der Waals surface area contributed by atoms with Gasteiger partial charge in [0.25, 0.3) is 11.8 Å². The van der Waals surface area contributed by atoms with Crippen LogP contribution in [0.25, 0.3) is 0 Å². The molecule has 3 aromatic rings. The van der Waals surface area contributed by atoms with Crippen LogP contribution >= 0.6 is 0 Å². The van der Waals surface area contributed by atoms with E-state index < -0.39 is 0 Å². The van der Waals surface area contributed by atoms with Crippen LogP contribution in [-0.2, 0) is 11.3 Å². The Kier molecular flexibility index (Phi) is 8.34. The summed E-state index contributed by atoms with van der Waals surface area (Å²) >= 11 is 0. The molecule has 35 heavy (non-hydrogen) atoms. The maximum absolute atomic E-state index is 12.7. The van der Waals surface area contributed by atoms with E-state index >= 15 is 0 Å². The second-order valence-corrected chi connectivity index (χ2v) is 7.74. The average molecular weight is 479 g/mol. The molecule has 0 atom stereocenters. The Balaban J connectivity index is 1.37. The number of amides is 1. The van der Waals surface area contributed by atoms with Crippen LogP contribution in [0, 0.1) is 0 Å². The zero-order chi connectivity index (χ0) is 24.5. The van der Waals surface area contributed by atoms with Crippen LogP contribution in [0.5, 0.6) is 23.1 Å². The summed E-state index contributed by atoms with van der Waals surface area (Å²) in [5, 5.41) is 2.94. The molecule has 0 spiro atoms. The van der Waals surface area contributed by atoms with Crippen LogP contribution in [0.1, 0.15) is 29.8 Å². The molecule has 0 radical (unpaired) electrons. The molecule has 1 N–H and O–H groups in total. The fourth-order valence-electron chi connectivity index (χ4n) is 3.66. The summed E-state index contributed by atoms with van der Waals surface area (Å²) in [6.45, 7) is 8.05. The molecular weight excluding hydrogens is 448 g/mol. The van der Waals surface area contributed by atoms with Crippen LogP contribution in [0.2, 0.25) is 0 Å². The smallest absolute Gasteiger partial charge is 0.263 e. The van der Waals surface area contributed by atoms with E-state index in [4.69, 9.17) is 18.9 Å². The van der Waals surface area contributed by atoms with Gasteiger partial charge in [-0.2, -0.15) is 0 Å². The number of carbonyl (C=O) groups excluding carboxylic acids is 1.